The van der Waals surface area contributed by atoms with E-state index in [1.807, 2.05) is 23.6 Å². The molecule has 0 aliphatic heterocycles. The Kier molecular flexibility index (Phi) is 4.51. The van der Waals surface area contributed by atoms with Crippen LogP contribution in [0.5, 0.6) is 0 Å². The van der Waals surface area contributed by atoms with E-state index in [-0.39, 0.29) is 0 Å². The quantitative estimate of drug-likeness (QED) is 0.426. The minimum absolute atomic E-state index is 0.546. The molecule has 1 aliphatic rings. The van der Waals surface area contributed by atoms with Gasteiger partial charge in [-0.05, 0) is 29.9 Å². The number of hydrogen-bond donors (Lipinski definition) is 0. The maximum atomic E-state index is 5.40. The molecule has 1 aliphatic carbocycles. The first-order valence-electron chi connectivity index (χ1n) is 8.83. The van der Waals surface area contributed by atoms with Crippen molar-refractivity contribution in [3.05, 3.63) is 65.1 Å². The van der Waals surface area contributed by atoms with Crippen LogP contribution in [-0.2, 0) is 12.3 Å². The summed E-state index contributed by atoms with van der Waals surface area (Å²) in [7, 11) is 0. The molecule has 0 bridgehead atoms. The van der Waals surface area contributed by atoms with Gasteiger partial charge in [0.1, 0.15) is 5.82 Å². The lowest BCUT2D eigenvalue weighted by atomic mass is 10.2. The Morgan fingerprint density at radius 1 is 1.11 bits per heavy atom. The highest BCUT2D eigenvalue weighted by Gasteiger charge is 2.30. The summed E-state index contributed by atoms with van der Waals surface area (Å²) in [5.74, 6) is 3.46. The molecule has 0 atom stereocenters. The second-order valence-electron chi connectivity index (χ2n) is 6.46. The second kappa shape index (κ2) is 7.28. The highest BCUT2D eigenvalue weighted by atomic mass is 32.2. The smallest absolute Gasteiger partial charge is 0.237 e. The van der Waals surface area contributed by atoms with Crippen molar-refractivity contribution in [1.29, 1.82) is 0 Å². The maximum absolute atomic E-state index is 5.40. The molecule has 5 rings (SSSR count). The van der Waals surface area contributed by atoms with Gasteiger partial charge in [0.25, 0.3) is 0 Å². The van der Waals surface area contributed by atoms with Gasteiger partial charge in [-0.2, -0.15) is 4.98 Å². The summed E-state index contributed by atoms with van der Waals surface area (Å²) in [5, 5.41) is 15.9. The van der Waals surface area contributed by atoms with Crippen molar-refractivity contribution in [3.63, 3.8) is 0 Å². The van der Waals surface area contributed by atoms with Crippen LogP contribution in [-0.4, -0.2) is 24.9 Å². The molecule has 8 heteroatoms. The van der Waals surface area contributed by atoms with Crippen molar-refractivity contribution in [1.82, 2.24) is 24.9 Å². The molecule has 1 aromatic carbocycles. The number of benzene rings is 1. The zero-order chi connectivity index (χ0) is 18.1. The zero-order valence-corrected chi connectivity index (χ0v) is 16.1. The summed E-state index contributed by atoms with van der Waals surface area (Å²) < 4.78 is 7.63. The average molecular weight is 396 g/mol. The Hall–Kier alpha value is -2.45. The first-order valence-corrected chi connectivity index (χ1v) is 10.7. The number of thiophene rings is 1. The van der Waals surface area contributed by atoms with Crippen LogP contribution in [0.4, 0.5) is 0 Å². The molecular formula is C19H17N5OS2. The SMILES string of the molecule is c1ccc(Cn2c(SCc3nc(-c4cccs4)no3)nnc2C2CC2)cc1. The van der Waals surface area contributed by atoms with E-state index in [1.54, 1.807) is 23.1 Å². The van der Waals surface area contributed by atoms with Crippen molar-refractivity contribution < 1.29 is 4.52 Å². The molecule has 0 unspecified atom stereocenters. The predicted octanol–water partition coefficient (Wildman–Crippen LogP) is 4.61. The van der Waals surface area contributed by atoms with E-state index in [9.17, 15) is 0 Å². The molecule has 0 N–H and O–H groups in total. The largest absolute Gasteiger partial charge is 0.338 e. The van der Waals surface area contributed by atoms with E-state index in [2.05, 4.69) is 49.2 Å². The fourth-order valence-corrected chi connectivity index (χ4v) is 4.34. The second-order valence-corrected chi connectivity index (χ2v) is 8.35. The summed E-state index contributed by atoms with van der Waals surface area (Å²) >= 11 is 3.20. The monoisotopic (exact) mass is 395 g/mol. The summed E-state index contributed by atoms with van der Waals surface area (Å²) in [6.07, 6.45) is 2.40. The van der Waals surface area contributed by atoms with Gasteiger partial charge >= 0.3 is 0 Å². The minimum atomic E-state index is 0.546. The Bertz CT molecular complexity index is 1020. The van der Waals surface area contributed by atoms with Gasteiger partial charge < -0.3 is 9.09 Å². The van der Waals surface area contributed by atoms with Crippen LogP contribution in [0.2, 0.25) is 0 Å². The molecule has 6 nitrogen and oxygen atoms in total. The molecule has 27 heavy (non-hydrogen) atoms. The minimum Gasteiger partial charge on any atom is -0.338 e. The van der Waals surface area contributed by atoms with E-state index in [1.165, 1.54) is 18.4 Å². The summed E-state index contributed by atoms with van der Waals surface area (Å²) in [6.45, 7) is 0.784. The maximum Gasteiger partial charge on any atom is 0.237 e. The number of rotatable bonds is 7. The standard InChI is InChI=1S/C19H17N5OS2/c1-2-5-13(6-3-1)11-24-18(14-8-9-14)21-22-19(24)27-12-16-20-17(23-25-16)15-7-4-10-26-15/h1-7,10,14H,8-9,11-12H2. The van der Waals surface area contributed by atoms with Gasteiger partial charge in [-0.15, -0.1) is 21.5 Å². The molecule has 136 valence electrons. The lowest BCUT2D eigenvalue weighted by Gasteiger charge is -2.09. The third-order valence-electron chi connectivity index (χ3n) is 4.41. The molecule has 3 aromatic heterocycles. The van der Waals surface area contributed by atoms with E-state index in [0.717, 1.165) is 22.4 Å². The van der Waals surface area contributed by atoms with Gasteiger partial charge in [0.05, 0.1) is 17.2 Å². The van der Waals surface area contributed by atoms with Crippen molar-refractivity contribution in [2.45, 2.75) is 36.2 Å². The first-order chi connectivity index (χ1) is 13.4. The zero-order valence-electron chi connectivity index (χ0n) is 14.5. The number of nitrogens with zero attached hydrogens (tertiary/aromatic N) is 5. The Balaban J connectivity index is 1.34. The van der Waals surface area contributed by atoms with Crippen molar-refractivity contribution in [3.8, 4) is 10.7 Å². The van der Waals surface area contributed by atoms with Crippen LogP contribution in [0.25, 0.3) is 10.7 Å². The average Bonchev–Trinajstić information content (AvgIpc) is 3.11. The lowest BCUT2D eigenvalue weighted by molar-refractivity contribution is 0.391. The number of thioether (sulfide) groups is 1. The summed E-state index contributed by atoms with van der Waals surface area (Å²) in [6, 6.07) is 14.4. The third kappa shape index (κ3) is 3.68. The molecule has 0 spiro atoms. The predicted molar refractivity (Wildman–Crippen MR) is 105 cm³/mol. The van der Waals surface area contributed by atoms with E-state index in [4.69, 9.17) is 4.52 Å². The van der Waals surface area contributed by atoms with E-state index in [0.29, 0.717) is 23.4 Å². The molecule has 0 saturated heterocycles. The van der Waals surface area contributed by atoms with Gasteiger partial charge in [0, 0.05) is 5.92 Å². The van der Waals surface area contributed by atoms with Gasteiger partial charge in [-0.1, -0.05) is 53.3 Å². The van der Waals surface area contributed by atoms with Crippen LogP contribution >= 0.6 is 23.1 Å². The Labute approximate surface area is 164 Å². The van der Waals surface area contributed by atoms with Crippen LogP contribution in [0.15, 0.2) is 57.5 Å². The Morgan fingerprint density at radius 3 is 2.78 bits per heavy atom. The molecule has 3 heterocycles. The summed E-state index contributed by atoms with van der Waals surface area (Å²) in [5.41, 5.74) is 1.25. The number of hydrogen-bond acceptors (Lipinski definition) is 7. The number of aromatic nitrogens is 5. The fourth-order valence-electron chi connectivity index (χ4n) is 2.91. The highest BCUT2D eigenvalue weighted by molar-refractivity contribution is 7.98. The normalized spacial score (nSPS) is 13.9. The lowest BCUT2D eigenvalue weighted by Crippen LogP contribution is -2.06. The highest BCUT2D eigenvalue weighted by Crippen LogP contribution is 2.40. The molecule has 1 fully saturated rings. The topological polar surface area (TPSA) is 69.6 Å². The van der Waals surface area contributed by atoms with Crippen LogP contribution in [0, 0.1) is 0 Å². The summed E-state index contributed by atoms with van der Waals surface area (Å²) in [4.78, 5) is 5.50. The van der Waals surface area contributed by atoms with Gasteiger partial charge in [-0.3, -0.25) is 0 Å². The molecule has 1 saturated carbocycles. The molecule has 0 amide bonds. The Morgan fingerprint density at radius 2 is 2.00 bits per heavy atom. The van der Waals surface area contributed by atoms with Crippen molar-refractivity contribution >= 4 is 23.1 Å². The van der Waals surface area contributed by atoms with Gasteiger partial charge in [-0.25, -0.2) is 0 Å². The van der Waals surface area contributed by atoms with E-state index < -0.39 is 0 Å². The van der Waals surface area contributed by atoms with E-state index >= 15 is 0 Å². The first kappa shape index (κ1) is 16.7. The van der Waals surface area contributed by atoms with Crippen LogP contribution in [0.3, 0.4) is 0 Å². The van der Waals surface area contributed by atoms with Gasteiger partial charge in [0.2, 0.25) is 11.7 Å². The van der Waals surface area contributed by atoms with Crippen LogP contribution < -0.4 is 0 Å². The van der Waals surface area contributed by atoms with Crippen molar-refractivity contribution in [2.24, 2.45) is 0 Å². The molecule has 4 aromatic rings. The van der Waals surface area contributed by atoms with Gasteiger partial charge in [0.15, 0.2) is 5.16 Å². The fraction of sp³-hybridized carbons (Fsp3) is 0.263. The van der Waals surface area contributed by atoms with Crippen LogP contribution in [0.1, 0.15) is 36.0 Å². The third-order valence-corrected chi connectivity index (χ3v) is 6.22. The van der Waals surface area contributed by atoms with Crippen molar-refractivity contribution in [2.75, 3.05) is 0 Å². The molecular weight excluding hydrogens is 378 g/mol. The molecule has 0 radical (unpaired) electrons.